The molecule has 0 aromatic heterocycles. The SMILES string of the molecule is C=C(CCN)CN1CCCC1. The molecule has 2 N–H and O–H groups in total. The van der Waals surface area contributed by atoms with E-state index in [2.05, 4.69) is 11.5 Å². The first-order valence-corrected chi connectivity index (χ1v) is 4.42. The number of likely N-dealkylation sites (tertiary alicyclic amines) is 1. The van der Waals surface area contributed by atoms with Crippen molar-refractivity contribution in [3.63, 3.8) is 0 Å². The minimum absolute atomic E-state index is 0.743. The van der Waals surface area contributed by atoms with Crippen LogP contribution in [0.25, 0.3) is 0 Å². The molecule has 1 saturated heterocycles. The van der Waals surface area contributed by atoms with E-state index < -0.39 is 0 Å². The Bertz CT molecular complexity index is 126. The van der Waals surface area contributed by atoms with Gasteiger partial charge in [-0.15, -0.1) is 0 Å². The monoisotopic (exact) mass is 154 g/mol. The second kappa shape index (κ2) is 4.52. The molecule has 2 nitrogen and oxygen atoms in total. The predicted molar refractivity (Wildman–Crippen MR) is 48.5 cm³/mol. The van der Waals surface area contributed by atoms with Crippen molar-refractivity contribution in [1.82, 2.24) is 4.90 Å². The summed E-state index contributed by atoms with van der Waals surface area (Å²) in [5, 5.41) is 0. The Kier molecular flexibility index (Phi) is 3.60. The Morgan fingerprint density at radius 2 is 2.00 bits per heavy atom. The van der Waals surface area contributed by atoms with E-state index in [4.69, 9.17) is 5.73 Å². The van der Waals surface area contributed by atoms with E-state index in [1.54, 1.807) is 0 Å². The highest BCUT2D eigenvalue weighted by molar-refractivity contribution is 4.98. The molecule has 0 bridgehead atoms. The molecule has 64 valence electrons. The van der Waals surface area contributed by atoms with Crippen molar-refractivity contribution in [2.24, 2.45) is 5.73 Å². The number of rotatable bonds is 4. The van der Waals surface area contributed by atoms with Crippen LogP contribution in [0, 0.1) is 0 Å². The van der Waals surface area contributed by atoms with Crippen molar-refractivity contribution in [2.45, 2.75) is 19.3 Å². The Balaban J connectivity index is 2.13. The molecule has 1 heterocycles. The van der Waals surface area contributed by atoms with Crippen molar-refractivity contribution in [1.29, 1.82) is 0 Å². The molecule has 0 aromatic rings. The van der Waals surface area contributed by atoms with Crippen molar-refractivity contribution in [3.8, 4) is 0 Å². The molecule has 11 heavy (non-hydrogen) atoms. The zero-order valence-electron chi connectivity index (χ0n) is 7.18. The first-order chi connectivity index (χ1) is 5.33. The molecule has 0 spiro atoms. The Morgan fingerprint density at radius 1 is 1.36 bits per heavy atom. The van der Waals surface area contributed by atoms with Crippen LogP contribution < -0.4 is 5.73 Å². The van der Waals surface area contributed by atoms with Crippen molar-refractivity contribution in [3.05, 3.63) is 12.2 Å². The molecule has 2 heteroatoms. The van der Waals surface area contributed by atoms with Gasteiger partial charge < -0.3 is 5.73 Å². The van der Waals surface area contributed by atoms with Crippen molar-refractivity contribution >= 4 is 0 Å². The minimum atomic E-state index is 0.743. The molecule has 0 aliphatic carbocycles. The third kappa shape index (κ3) is 3.04. The second-order valence-corrected chi connectivity index (χ2v) is 3.27. The lowest BCUT2D eigenvalue weighted by Crippen LogP contribution is -2.22. The van der Waals surface area contributed by atoms with Gasteiger partial charge in [0, 0.05) is 6.54 Å². The summed E-state index contributed by atoms with van der Waals surface area (Å²) in [5.41, 5.74) is 6.71. The van der Waals surface area contributed by atoms with Gasteiger partial charge in [0.15, 0.2) is 0 Å². The minimum Gasteiger partial charge on any atom is -0.330 e. The standard InChI is InChI=1S/C9H18N2/c1-9(4-5-10)8-11-6-2-3-7-11/h1-8,10H2. The summed E-state index contributed by atoms with van der Waals surface area (Å²) >= 11 is 0. The van der Waals surface area contributed by atoms with Crippen LogP contribution in [0.2, 0.25) is 0 Å². The summed E-state index contributed by atoms with van der Waals surface area (Å²) < 4.78 is 0. The number of hydrogen-bond donors (Lipinski definition) is 1. The molecule has 1 fully saturated rings. The topological polar surface area (TPSA) is 29.3 Å². The fraction of sp³-hybridized carbons (Fsp3) is 0.778. The third-order valence-corrected chi connectivity index (χ3v) is 2.14. The smallest absolute Gasteiger partial charge is 0.0190 e. The molecule has 1 aliphatic heterocycles. The van der Waals surface area contributed by atoms with E-state index >= 15 is 0 Å². The Hall–Kier alpha value is -0.340. The van der Waals surface area contributed by atoms with Gasteiger partial charge in [-0.3, -0.25) is 4.90 Å². The highest BCUT2D eigenvalue weighted by atomic mass is 15.1. The molecule has 0 unspecified atom stereocenters. The quantitative estimate of drug-likeness (QED) is 0.612. The van der Waals surface area contributed by atoms with Gasteiger partial charge in [0.1, 0.15) is 0 Å². The van der Waals surface area contributed by atoms with Gasteiger partial charge in [-0.1, -0.05) is 12.2 Å². The second-order valence-electron chi connectivity index (χ2n) is 3.27. The van der Waals surface area contributed by atoms with Gasteiger partial charge >= 0.3 is 0 Å². The van der Waals surface area contributed by atoms with Crippen LogP contribution in [0.3, 0.4) is 0 Å². The lowest BCUT2D eigenvalue weighted by atomic mass is 10.2. The molecule has 0 radical (unpaired) electrons. The van der Waals surface area contributed by atoms with Crippen LogP contribution >= 0.6 is 0 Å². The summed E-state index contributed by atoms with van der Waals surface area (Å²) in [5.74, 6) is 0. The zero-order valence-corrected chi connectivity index (χ0v) is 7.18. The predicted octanol–water partition coefficient (Wildman–Crippen LogP) is 0.987. The molecule has 0 amide bonds. The van der Waals surface area contributed by atoms with E-state index in [0.717, 1.165) is 19.5 Å². The van der Waals surface area contributed by atoms with Crippen LogP contribution in [0.1, 0.15) is 19.3 Å². The molecule has 1 aliphatic rings. The van der Waals surface area contributed by atoms with Gasteiger partial charge in [-0.25, -0.2) is 0 Å². The van der Waals surface area contributed by atoms with Crippen LogP contribution in [0.15, 0.2) is 12.2 Å². The fourth-order valence-corrected chi connectivity index (χ4v) is 1.54. The lowest BCUT2D eigenvalue weighted by molar-refractivity contribution is 0.365. The number of nitrogens with two attached hydrogens (primary N) is 1. The largest absolute Gasteiger partial charge is 0.330 e. The van der Waals surface area contributed by atoms with Gasteiger partial charge in [0.05, 0.1) is 0 Å². The zero-order chi connectivity index (χ0) is 8.10. The van der Waals surface area contributed by atoms with E-state index in [-0.39, 0.29) is 0 Å². The molecular weight excluding hydrogens is 136 g/mol. The Morgan fingerprint density at radius 3 is 2.55 bits per heavy atom. The Labute approximate surface area is 69.1 Å². The highest BCUT2D eigenvalue weighted by Crippen LogP contribution is 2.09. The summed E-state index contributed by atoms with van der Waals surface area (Å²) in [6.45, 7) is 8.30. The number of hydrogen-bond acceptors (Lipinski definition) is 2. The fourth-order valence-electron chi connectivity index (χ4n) is 1.54. The first-order valence-electron chi connectivity index (χ1n) is 4.42. The van der Waals surface area contributed by atoms with E-state index in [9.17, 15) is 0 Å². The maximum atomic E-state index is 5.42. The molecule has 0 saturated carbocycles. The average molecular weight is 154 g/mol. The first kappa shape index (κ1) is 8.75. The summed E-state index contributed by atoms with van der Waals surface area (Å²) in [6, 6.07) is 0. The summed E-state index contributed by atoms with van der Waals surface area (Å²) in [7, 11) is 0. The average Bonchev–Trinajstić information content (AvgIpc) is 2.40. The normalized spacial score (nSPS) is 19.0. The lowest BCUT2D eigenvalue weighted by Gasteiger charge is -2.15. The maximum Gasteiger partial charge on any atom is 0.0190 e. The van der Waals surface area contributed by atoms with Crippen LogP contribution in [-0.2, 0) is 0 Å². The molecule has 0 atom stereocenters. The van der Waals surface area contributed by atoms with Crippen LogP contribution in [0.5, 0.6) is 0 Å². The van der Waals surface area contributed by atoms with Gasteiger partial charge in [-0.2, -0.15) is 0 Å². The summed E-state index contributed by atoms with van der Waals surface area (Å²) in [6.07, 6.45) is 3.70. The molecule has 1 rings (SSSR count). The van der Waals surface area contributed by atoms with Crippen LogP contribution in [-0.4, -0.2) is 31.1 Å². The van der Waals surface area contributed by atoms with Gasteiger partial charge in [-0.05, 0) is 38.9 Å². The highest BCUT2D eigenvalue weighted by Gasteiger charge is 2.11. The van der Waals surface area contributed by atoms with E-state index in [0.29, 0.717) is 0 Å². The maximum absolute atomic E-state index is 5.42. The van der Waals surface area contributed by atoms with E-state index in [1.807, 2.05) is 0 Å². The van der Waals surface area contributed by atoms with Crippen molar-refractivity contribution in [2.75, 3.05) is 26.2 Å². The van der Waals surface area contributed by atoms with Gasteiger partial charge in [0.2, 0.25) is 0 Å². The molecule has 0 aromatic carbocycles. The summed E-state index contributed by atoms with van der Waals surface area (Å²) in [4.78, 5) is 2.46. The van der Waals surface area contributed by atoms with Crippen LogP contribution in [0.4, 0.5) is 0 Å². The van der Waals surface area contributed by atoms with E-state index in [1.165, 1.54) is 31.5 Å². The molecular formula is C9H18N2. The number of nitrogens with zero attached hydrogens (tertiary/aromatic N) is 1. The van der Waals surface area contributed by atoms with Crippen molar-refractivity contribution < 1.29 is 0 Å². The third-order valence-electron chi connectivity index (χ3n) is 2.14. The van der Waals surface area contributed by atoms with Gasteiger partial charge in [0.25, 0.3) is 0 Å².